The molecule has 0 radical (unpaired) electrons. The summed E-state index contributed by atoms with van der Waals surface area (Å²) in [7, 11) is 0. The Hall–Kier alpha value is -0.840. The number of nitrogens with two attached hydrogens (primary N) is 1. The van der Waals surface area contributed by atoms with Crippen molar-refractivity contribution in [3.05, 3.63) is 50.6 Å². The van der Waals surface area contributed by atoms with E-state index in [9.17, 15) is 0 Å². The monoisotopic (exact) mass is 339 g/mol. The number of thiophene rings is 1. The largest absolute Gasteiger partial charge is 0.488 e. The van der Waals surface area contributed by atoms with Crippen LogP contribution in [0.5, 0.6) is 5.75 Å². The van der Waals surface area contributed by atoms with Crippen LogP contribution in [0.4, 0.5) is 0 Å². The molecule has 2 aromatic rings. The van der Waals surface area contributed by atoms with Crippen LogP contribution >= 0.6 is 27.3 Å². The van der Waals surface area contributed by atoms with Crippen LogP contribution in [-0.2, 0) is 13.0 Å². The van der Waals surface area contributed by atoms with Gasteiger partial charge in [-0.15, -0.1) is 0 Å². The highest BCUT2D eigenvalue weighted by Gasteiger charge is 2.06. The SMILES string of the molecule is CCC(N)Cc1ccc(OCc2ccsc2)c(Br)c1. The second kappa shape index (κ2) is 7.08. The minimum Gasteiger partial charge on any atom is -0.488 e. The van der Waals surface area contributed by atoms with Crippen molar-refractivity contribution in [3.63, 3.8) is 0 Å². The molecule has 0 spiro atoms. The van der Waals surface area contributed by atoms with Crippen molar-refractivity contribution in [2.75, 3.05) is 0 Å². The van der Waals surface area contributed by atoms with E-state index in [0.717, 1.165) is 23.1 Å². The molecule has 0 amide bonds. The van der Waals surface area contributed by atoms with E-state index in [0.29, 0.717) is 6.61 Å². The molecule has 1 unspecified atom stereocenters. The van der Waals surface area contributed by atoms with Crippen molar-refractivity contribution in [1.82, 2.24) is 0 Å². The molecule has 1 aromatic heterocycles. The summed E-state index contributed by atoms with van der Waals surface area (Å²) in [5, 5.41) is 4.16. The van der Waals surface area contributed by atoms with Gasteiger partial charge in [0.25, 0.3) is 0 Å². The Morgan fingerprint density at radius 3 is 2.79 bits per heavy atom. The van der Waals surface area contributed by atoms with Crippen LogP contribution in [0.15, 0.2) is 39.5 Å². The van der Waals surface area contributed by atoms with Gasteiger partial charge < -0.3 is 10.5 Å². The van der Waals surface area contributed by atoms with Crippen molar-refractivity contribution in [3.8, 4) is 5.75 Å². The standard InChI is InChI=1S/C15H18BrNOS/c1-2-13(17)7-11-3-4-15(14(16)8-11)18-9-12-5-6-19-10-12/h3-6,8,10,13H,2,7,9,17H2,1H3. The lowest BCUT2D eigenvalue weighted by molar-refractivity contribution is 0.304. The van der Waals surface area contributed by atoms with Gasteiger partial charge in [-0.25, -0.2) is 0 Å². The number of hydrogen-bond acceptors (Lipinski definition) is 3. The third-order valence-corrected chi connectivity index (χ3v) is 4.34. The van der Waals surface area contributed by atoms with E-state index in [-0.39, 0.29) is 6.04 Å². The van der Waals surface area contributed by atoms with Gasteiger partial charge in [-0.05, 0) is 68.9 Å². The Kier molecular flexibility index (Phi) is 5.43. The molecule has 1 aromatic carbocycles. The normalized spacial score (nSPS) is 12.4. The zero-order valence-corrected chi connectivity index (χ0v) is 13.3. The van der Waals surface area contributed by atoms with Gasteiger partial charge in [-0.1, -0.05) is 13.0 Å². The molecule has 19 heavy (non-hydrogen) atoms. The van der Waals surface area contributed by atoms with Crippen LogP contribution in [0.2, 0.25) is 0 Å². The second-order valence-corrected chi connectivity index (χ2v) is 6.19. The maximum absolute atomic E-state index is 5.97. The van der Waals surface area contributed by atoms with E-state index < -0.39 is 0 Å². The maximum atomic E-state index is 5.97. The Morgan fingerprint density at radius 2 is 2.16 bits per heavy atom. The first-order valence-corrected chi connectivity index (χ1v) is 8.10. The van der Waals surface area contributed by atoms with Gasteiger partial charge in [0.05, 0.1) is 4.47 Å². The van der Waals surface area contributed by atoms with Gasteiger partial charge in [0.2, 0.25) is 0 Å². The fourth-order valence-corrected chi connectivity index (χ4v) is 2.97. The van der Waals surface area contributed by atoms with Gasteiger partial charge in [0.15, 0.2) is 0 Å². The molecule has 0 saturated carbocycles. The van der Waals surface area contributed by atoms with E-state index in [1.54, 1.807) is 11.3 Å². The Bertz CT molecular complexity index is 513. The summed E-state index contributed by atoms with van der Waals surface area (Å²) < 4.78 is 6.79. The molecular formula is C15H18BrNOS. The van der Waals surface area contributed by atoms with E-state index in [2.05, 4.69) is 51.8 Å². The van der Waals surface area contributed by atoms with Crippen LogP contribution < -0.4 is 10.5 Å². The number of halogens is 1. The summed E-state index contributed by atoms with van der Waals surface area (Å²) >= 11 is 5.25. The summed E-state index contributed by atoms with van der Waals surface area (Å²) in [4.78, 5) is 0. The molecule has 2 rings (SSSR count). The number of ether oxygens (including phenoxy) is 1. The van der Waals surface area contributed by atoms with Crippen LogP contribution in [0.25, 0.3) is 0 Å². The molecule has 1 heterocycles. The first-order valence-electron chi connectivity index (χ1n) is 6.37. The van der Waals surface area contributed by atoms with E-state index in [1.807, 2.05) is 6.07 Å². The first kappa shape index (κ1) is 14.6. The second-order valence-electron chi connectivity index (χ2n) is 4.56. The minimum atomic E-state index is 0.226. The molecule has 0 aliphatic carbocycles. The maximum Gasteiger partial charge on any atom is 0.134 e. The molecule has 0 saturated heterocycles. The predicted molar refractivity (Wildman–Crippen MR) is 84.8 cm³/mol. The minimum absolute atomic E-state index is 0.226. The highest BCUT2D eigenvalue weighted by molar-refractivity contribution is 9.10. The smallest absolute Gasteiger partial charge is 0.134 e. The average molecular weight is 340 g/mol. The first-order chi connectivity index (χ1) is 9.19. The van der Waals surface area contributed by atoms with Crippen molar-refractivity contribution in [2.45, 2.75) is 32.4 Å². The Morgan fingerprint density at radius 1 is 1.32 bits per heavy atom. The third-order valence-electron chi connectivity index (χ3n) is 2.99. The van der Waals surface area contributed by atoms with Gasteiger partial charge >= 0.3 is 0 Å². The molecule has 1 atom stereocenters. The van der Waals surface area contributed by atoms with Crippen LogP contribution in [0.1, 0.15) is 24.5 Å². The summed E-state index contributed by atoms with van der Waals surface area (Å²) in [6.07, 6.45) is 1.90. The fraction of sp³-hybridized carbons (Fsp3) is 0.333. The summed E-state index contributed by atoms with van der Waals surface area (Å²) in [5.41, 5.74) is 8.41. The van der Waals surface area contributed by atoms with Crippen molar-refractivity contribution >= 4 is 27.3 Å². The van der Waals surface area contributed by atoms with Crippen molar-refractivity contribution in [1.29, 1.82) is 0 Å². The topological polar surface area (TPSA) is 35.2 Å². The Labute approximate surface area is 126 Å². The molecule has 0 aliphatic rings. The molecule has 0 fully saturated rings. The summed E-state index contributed by atoms with van der Waals surface area (Å²) in [6, 6.07) is 8.49. The molecule has 102 valence electrons. The molecule has 2 nitrogen and oxygen atoms in total. The third kappa shape index (κ3) is 4.34. The number of benzene rings is 1. The molecule has 0 bridgehead atoms. The molecule has 0 aliphatic heterocycles. The lowest BCUT2D eigenvalue weighted by Crippen LogP contribution is -2.21. The molecule has 4 heteroatoms. The Balaban J connectivity index is 1.98. The highest BCUT2D eigenvalue weighted by Crippen LogP contribution is 2.27. The van der Waals surface area contributed by atoms with E-state index in [1.165, 1.54) is 11.1 Å². The summed E-state index contributed by atoms with van der Waals surface area (Å²) in [6.45, 7) is 2.72. The van der Waals surface area contributed by atoms with Gasteiger partial charge in [-0.2, -0.15) is 11.3 Å². The quantitative estimate of drug-likeness (QED) is 0.847. The zero-order valence-electron chi connectivity index (χ0n) is 10.9. The van der Waals surface area contributed by atoms with E-state index >= 15 is 0 Å². The van der Waals surface area contributed by atoms with Crippen molar-refractivity contribution in [2.24, 2.45) is 5.73 Å². The number of hydrogen-bond donors (Lipinski definition) is 1. The van der Waals surface area contributed by atoms with E-state index in [4.69, 9.17) is 10.5 Å². The van der Waals surface area contributed by atoms with Crippen LogP contribution in [0, 0.1) is 0 Å². The molecular weight excluding hydrogens is 322 g/mol. The van der Waals surface area contributed by atoms with Crippen LogP contribution in [-0.4, -0.2) is 6.04 Å². The van der Waals surface area contributed by atoms with Crippen molar-refractivity contribution < 1.29 is 4.74 Å². The van der Waals surface area contributed by atoms with Gasteiger partial charge in [-0.3, -0.25) is 0 Å². The van der Waals surface area contributed by atoms with Crippen LogP contribution in [0.3, 0.4) is 0 Å². The summed E-state index contributed by atoms with van der Waals surface area (Å²) in [5.74, 6) is 0.875. The lowest BCUT2D eigenvalue weighted by atomic mass is 10.0. The molecule has 2 N–H and O–H groups in total. The number of rotatable bonds is 6. The van der Waals surface area contributed by atoms with Gasteiger partial charge in [0, 0.05) is 6.04 Å². The lowest BCUT2D eigenvalue weighted by Gasteiger charge is -2.11. The average Bonchev–Trinajstić information content (AvgIpc) is 2.91. The predicted octanol–water partition coefficient (Wildman–Crippen LogP) is 4.37. The fourth-order valence-electron chi connectivity index (χ4n) is 1.77. The highest BCUT2D eigenvalue weighted by atomic mass is 79.9. The van der Waals surface area contributed by atoms with Gasteiger partial charge in [0.1, 0.15) is 12.4 Å². The zero-order chi connectivity index (χ0) is 13.7.